The standard InChI is InChI=1S/C16H20ClN3O3/c1-10-13(15(17)20(3)18-10)16(21)19(2)9-11-7-6-8-12(22-4)14(11)23-5/h6-8H,9H2,1-5H3. The summed E-state index contributed by atoms with van der Waals surface area (Å²) in [6, 6.07) is 5.56. The minimum atomic E-state index is -0.189. The fraction of sp³-hybridized carbons (Fsp3) is 0.375. The van der Waals surface area contributed by atoms with E-state index in [1.165, 1.54) is 4.68 Å². The van der Waals surface area contributed by atoms with Gasteiger partial charge in [-0.25, -0.2) is 0 Å². The molecule has 0 saturated carbocycles. The third-order valence-electron chi connectivity index (χ3n) is 3.60. The van der Waals surface area contributed by atoms with Gasteiger partial charge in [-0.2, -0.15) is 5.10 Å². The number of amides is 1. The van der Waals surface area contributed by atoms with Gasteiger partial charge in [-0.15, -0.1) is 0 Å². The van der Waals surface area contributed by atoms with Crippen molar-refractivity contribution in [3.63, 3.8) is 0 Å². The maximum atomic E-state index is 12.7. The van der Waals surface area contributed by atoms with Gasteiger partial charge in [0.05, 0.1) is 25.5 Å². The molecule has 2 rings (SSSR count). The van der Waals surface area contributed by atoms with Crippen molar-refractivity contribution in [3.8, 4) is 11.5 Å². The first-order chi connectivity index (χ1) is 10.9. The number of carbonyl (C=O) groups is 1. The SMILES string of the molecule is COc1cccc(CN(C)C(=O)c2c(C)nn(C)c2Cl)c1OC. The van der Waals surface area contributed by atoms with E-state index in [0.29, 0.717) is 34.5 Å². The Morgan fingerprint density at radius 3 is 2.57 bits per heavy atom. The van der Waals surface area contributed by atoms with Crippen molar-refractivity contribution < 1.29 is 14.3 Å². The van der Waals surface area contributed by atoms with Gasteiger partial charge in [-0.05, 0) is 13.0 Å². The second-order valence-corrected chi connectivity index (χ2v) is 5.55. The van der Waals surface area contributed by atoms with Gasteiger partial charge in [0.1, 0.15) is 5.15 Å². The number of nitrogens with zero attached hydrogens (tertiary/aromatic N) is 3. The highest BCUT2D eigenvalue weighted by molar-refractivity contribution is 6.33. The predicted octanol–water partition coefficient (Wildman–Crippen LogP) is 2.67. The number of para-hydroxylation sites is 1. The average molecular weight is 338 g/mol. The van der Waals surface area contributed by atoms with E-state index in [4.69, 9.17) is 21.1 Å². The number of ether oxygens (including phenoxy) is 2. The second kappa shape index (κ2) is 6.91. The molecule has 6 nitrogen and oxygen atoms in total. The zero-order valence-electron chi connectivity index (χ0n) is 13.9. The molecule has 1 aromatic carbocycles. The molecular formula is C16H20ClN3O3. The molecule has 2 aromatic rings. The van der Waals surface area contributed by atoms with Gasteiger partial charge in [0, 0.05) is 26.2 Å². The van der Waals surface area contributed by atoms with Crippen LogP contribution in [0.1, 0.15) is 21.6 Å². The smallest absolute Gasteiger partial charge is 0.258 e. The number of methoxy groups -OCH3 is 2. The van der Waals surface area contributed by atoms with Gasteiger partial charge in [-0.1, -0.05) is 23.7 Å². The molecule has 23 heavy (non-hydrogen) atoms. The Kier molecular flexibility index (Phi) is 5.15. The first kappa shape index (κ1) is 17.1. The number of hydrogen-bond donors (Lipinski definition) is 0. The maximum Gasteiger partial charge on any atom is 0.258 e. The molecule has 1 amide bonds. The van der Waals surface area contributed by atoms with Crippen molar-refractivity contribution in [2.24, 2.45) is 7.05 Å². The monoisotopic (exact) mass is 337 g/mol. The Morgan fingerprint density at radius 2 is 2.04 bits per heavy atom. The largest absolute Gasteiger partial charge is 0.493 e. The first-order valence-corrected chi connectivity index (χ1v) is 7.42. The van der Waals surface area contributed by atoms with Crippen LogP contribution in [0.25, 0.3) is 0 Å². The highest BCUT2D eigenvalue weighted by atomic mass is 35.5. The molecule has 0 unspecified atom stereocenters. The van der Waals surface area contributed by atoms with Crippen LogP contribution in [-0.2, 0) is 13.6 Å². The molecule has 0 N–H and O–H groups in total. The van der Waals surface area contributed by atoms with E-state index in [0.717, 1.165) is 5.56 Å². The fourth-order valence-electron chi connectivity index (χ4n) is 2.47. The average Bonchev–Trinajstić information content (AvgIpc) is 2.78. The summed E-state index contributed by atoms with van der Waals surface area (Å²) in [5, 5.41) is 4.51. The van der Waals surface area contributed by atoms with Crippen LogP contribution in [0, 0.1) is 6.92 Å². The van der Waals surface area contributed by atoms with Gasteiger partial charge in [-0.3, -0.25) is 9.48 Å². The molecule has 0 atom stereocenters. The van der Waals surface area contributed by atoms with E-state index in [1.807, 2.05) is 18.2 Å². The van der Waals surface area contributed by atoms with Gasteiger partial charge >= 0.3 is 0 Å². The molecular weight excluding hydrogens is 318 g/mol. The summed E-state index contributed by atoms with van der Waals surface area (Å²) in [6.07, 6.45) is 0. The Bertz CT molecular complexity index is 728. The van der Waals surface area contributed by atoms with Crippen molar-refractivity contribution in [2.75, 3.05) is 21.3 Å². The van der Waals surface area contributed by atoms with Crippen LogP contribution in [0.2, 0.25) is 5.15 Å². The molecule has 7 heteroatoms. The lowest BCUT2D eigenvalue weighted by Crippen LogP contribution is -2.27. The molecule has 0 fully saturated rings. The number of hydrogen-bond acceptors (Lipinski definition) is 4. The number of halogens is 1. The van der Waals surface area contributed by atoms with Crippen molar-refractivity contribution >= 4 is 17.5 Å². The zero-order chi connectivity index (χ0) is 17.1. The quantitative estimate of drug-likeness (QED) is 0.841. The molecule has 0 aliphatic carbocycles. The molecule has 0 radical (unpaired) electrons. The Balaban J connectivity index is 2.29. The second-order valence-electron chi connectivity index (χ2n) is 5.19. The summed E-state index contributed by atoms with van der Waals surface area (Å²) < 4.78 is 12.2. The van der Waals surface area contributed by atoms with E-state index < -0.39 is 0 Å². The van der Waals surface area contributed by atoms with Crippen LogP contribution in [-0.4, -0.2) is 41.9 Å². The summed E-state index contributed by atoms with van der Waals surface area (Å²) in [4.78, 5) is 14.3. The molecule has 0 bridgehead atoms. The minimum Gasteiger partial charge on any atom is -0.493 e. The van der Waals surface area contributed by atoms with Crippen LogP contribution in [0.3, 0.4) is 0 Å². The van der Waals surface area contributed by atoms with Crippen molar-refractivity contribution in [1.29, 1.82) is 0 Å². The zero-order valence-corrected chi connectivity index (χ0v) is 14.6. The van der Waals surface area contributed by atoms with Crippen LogP contribution in [0.4, 0.5) is 0 Å². The topological polar surface area (TPSA) is 56.6 Å². The van der Waals surface area contributed by atoms with Crippen molar-refractivity contribution in [2.45, 2.75) is 13.5 Å². The van der Waals surface area contributed by atoms with E-state index in [1.54, 1.807) is 40.1 Å². The highest BCUT2D eigenvalue weighted by Crippen LogP contribution is 2.31. The Labute approximate surface area is 140 Å². The molecule has 124 valence electrons. The van der Waals surface area contributed by atoms with Crippen LogP contribution in [0.5, 0.6) is 11.5 Å². The lowest BCUT2D eigenvalue weighted by molar-refractivity contribution is 0.0783. The third-order valence-corrected chi connectivity index (χ3v) is 4.04. The molecule has 1 aromatic heterocycles. The summed E-state index contributed by atoms with van der Waals surface area (Å²) in [5.74, 6) is 1.05. The fourth-order valence-corrected chi connectivity index (χ4v) is 2.72. The van der Waals surface area contributed by atoms with Crippen molar-refractivity contribution in [1.82, 2.24) is 14.7 Å². The van der Waals surface area contributed by atoms with Gasteiger partial charge in [0.15, 0.2) is 11.5 Å². The van der Waals surface area contributed by atoms with E-state index in [2.05, 4.69) is 5.10 Å². The lowest BCUT2D eigenvalue weighted by atomic mass is 10.1. The van der Waals surface area contributed by atoms with E-state index in [9.17, 15) is 4.79 Å². The van der Waals surface area contributed by atoms with Gasteiger partial charge in [0.25, 0.3) is 5.91 Å². The Hall–Kier alpha value is -2.21. The number of aromatic nitrogens is 2. The maximum absolute atomic E-state index is 12.7. The normalized spacial score (nSPS) is 10.5. The summed E-state index contributed by atoms with van der Waals surface area (Å²) in [5.41, 5.74) is 1.87. The van der Waals surface area contributed by atoms with Crippen molar-refractivity contribution in [3.05, 3.63) is 40.2 Å². The first-order valence-electron chi connectivity index (χ1n) is 7.05. The molecule has 0 saturated heterocycles. The van der Waals surface area contributed by atoms with Gasteiger partial charge in [0.2, 0.25) is 0 Å². The predicted molar refractivity (Wildman–Crippen MR) is 88.3 cm³/mol. The molecule has 0 aliphatic heterocycles. The van der Waals surface area contributed by atoms with E-state index >= 15 is 0 Å². The lowest BCUT2D eigenvalue weighted by Gasteiger charge is -2.20. The van der Waals surface area contributed by atoms with Crippen LogP contribution in [0.15, 0.2) is 18.2 Å². The number of carbonyl (C=O) groups excluding carboxylic acids is 1. The third kappa shape index (κ3) is 3.27. The number of rotatable bonds is 5. The Morgan fingerprint density at radius 1 is 1.35 bits per heavy atom. The van der Waals surface area contributed by atoms with E-state index in [-0.39, 0.29) is 5.91 Å². The number of benzene rings is 1. The summed E-state index contributed by atoms with van der Waals surface area (Å²) in [6.45, 7) is 2.13. The van der Waals surface area contributed by atoms with Crippen LogP contribution < -0.4 is 9.47 Å². The van der Waals surface area contributed by atoms with Gasteiger partial charge < -0.3 is 14.4 Å². The minimum absolute atomic E-state index is 0.189. The molecule has 1 heterocycles. The highest BCUT2D eigenvalue weighted by Gasteiger charge is 2.23. The summed E-state index contributed by atoms with van der Waals surface area (Å²) in [7, 11) is 6.57. The van der Waals surface area contributed by atoms with Crippen LogP contribution >= 0.6 is 11.6 Å². The summed E-state index contributed by atoms with van der Waals surface area (Å²) >= 11 is 6.17. The molecule has 0 aliphatic rings. The molecule has 0 spiro atoms. The number of aryl methyl sites for hydroxylation is 2.